The Balaban J connectivity index is 2.34. The van der Waals surface area contributed by atoms with Crippen molar-refractivity contribution < 1.29 is 9.59 Å². The maximum Gasteiger partial charge on any atom is 0.339 e. The molecule has 0 aliphatic heterocycles. The monoisotopic (exact) mass is 242 g/mol. The Labute approximate surface area is 97.4 Å². The molecule has 0 saturated carbocycles. The summed E-state index contributed by atoms with van der Waals surface area (Å²) in [4.78, 5) is 26.5. The first-order chi connectivity index (χ1) is 7.39. The molecule has 0 aliphatic rings. The van der Waals surface area contributed by atoms with Gasteiger partial charge in [-0.05, 0) is 0 Å². The molecule has 0 spiro atoms. The average Bonchev–Trinajstić information content (AvgIpc) is 2.65. The first-order valence-electron chi connectivity index (χ1n) is 4.66. The molecular weight excluding hydrogens is 228 g/mol. The predicted molar refractivity (Wildman–Crippen MR) is 61.9 cm³/mol. The van der Waals surface area contributed by atoms with Crippen LogP contribution in [0.1, 0.15) is 20.8 Å². The van der Waals surface area contributed by atoms with E-state index in [0.29, 0.717) is 5.13 Å². The van der Waals surface area contributed by atoms with E-state index in [1.807, 2.05) is 0 Å². The minimum Gasteiger partial charge on any atom is -0.282 e. The zero-order chi connectivity index (χ0) is 12.2. The van der Waals surface area contributed by atoms with E-state index in [2.05, 4.69) is 21.2 Å². The third kappa shape index (κ3) is 3.85. The second-order valence-electron chi connectivity index (χ2n) is 4.12. The molecule has 1 rings (SSSR count). The molecule has 1 heterocycles. The van der Waals surface area contributed by atoms with Crippen LogP contribution in [0.25, 0.3) is 0 Å². The van der Waals surface area contributed by atoms with Crippen molar-refractivity contribution in [1.82, 2.24) is 15.8 Å². The lowest BCUT2D eigenvalue weighted by atomic mass is 9.96. The number of carbonyl (C=O) groups excluding carboxylic acids is 2. The quantitative estimate of drug-likeness (QED) is 0.650. The summed E-state index contributed by atoms with van der Waals surface area (Å²) in [5, 5.41) is 4.69. The fourth-order valence-electron chi connectivity index (χ4n) is 0.715. The van der Waals surface area contributed by atoms with Gasteiger partial charge in [-0.2, -0.15) is 0 Å². The number of aromatic nitrogens is 1. The topological polar surface area (TPSA) is 83.1 Å². The number of hydrazine groups is 1. The standard InChI is InChI=1S/C9H14N4O2S/c1-9(2,3)6(14)12-13-7(15)11-8-10-4-5-16-8/h4-5H,1-3H3,(H,12,14)(H2,10,11,13,15). The van der Waals surface area contributed by atoms with E-state index in [1.54, 1.807) is 32.3 Å². The number of hydrogen-bond donors (Lipinski definition) is 3. The summed E-state index contributed by atoms with van der Waals surface area (Å²) < 4.78 is 0. The molecule has 3 N–H and O–H groups in total. The van der Waals surface area contributed by atoms with E-state index in [1.165, 1.54) is 11.3 Å². The Hall–Kier alpha value is -1.63. The Kier molecular flexibility index (Phi) is 3.83. The van der Waals surface area contributed by atoms with Crippen molar-refractivity contribution in [2.75, 3.05) is 5.32 Å². The molecule has 1 aromatic rings. The fraction of sp³-hybridized carbons (Fsp3) is 0.444. The van der Waals surface area contributed by atoms with Crippen molar-refractivity contribution in [2.45, 2.75) is 20.8 Å². The van der Waals surface area contributed by atoms with Crippen LogP contribution in [-0.2, 0) is 4.79 Å². The molecule has 0 bridgehead atoms. The van der Waals surface area contributed by atoms with Crippen LogP contribution < -0.4 is 16.2 Å². The highest BCUT2D eigenvalue weighted by molar-refractivity contribution is 7.13. The van der Waals surface area contributed by atoms with Gasteiger partial charge in [-0.15, -0.1) is 11.3 Å². The molecular formula is C9H14N4O2S. The van der Waals surface area contributed by atoms with E-state index >= 15 is 0 Å². The predicted octanol–water partition coefficient (Wildman–Crippen LogP) is 1.34. The maximum absolute atomic E-state index is 11.4. The van der Waals surface area contributed by atoms with Crippen LogP contribution >= 0.6 is 11.3 Å². The van der Waals surface area contributed by atoms with Crippen LogP contribution in [0.4, 0.5) is 9.93 Å². The van der Waals surface area contributed by atoms with Crippen LogP contribution in [0.5, 0.6) is 0 Å². The number of hydrogen-bond acceptors (Lipinski definition) is 4. The Morgan fingerprint density at radius 3 is 2.50 bits per heavy atom. The normalized spacial score (nSPS) is 10.7. The summed E-state index contributed by atoms with van der Waals surface area (Å²) in [5.41, 5.74) is 4.01. The fourth-order valence-corrected chi connectivity index (χ4v) is 1.24. The lowest BCUT2D eigenvalue weighted by molar-refractivity contribution is -0.129. The highest BCUT2D eigenvalue weighted by atomic mass is 32.1. The van der Waals surface area contributed by atoms with Gasteiger partial charge in [0.05, 0.1) is 0 Å². The molecule has 6 nitrogen and oxygen atoms in total. The third-order valence-corrected chi connectivity index (χ3v) is 2.31. The van der Waals surface area contributed by atoms with Crippen LogP contribution in [0, 0.1) is 5.41 Å². The van der Waals surface area contributed by atoms with Gasteiger partial charge in [0.2, 0.25) is 5.91 Å². The average molecular weight is 242 g/mol. The number of rotatable bonds is 1. The second kappa shape index (κ2) is 4.93. The van der Waals surface area contributed by atoms with Crippen molar-refractivity contribution in [3.05, 3.63) is 11.6 Å². The van der Waals surface area contributed by atoms with Gasteiger partial charge in [0.1, 0.15) is 0 Å². The lowest BCUT2D eigenvalue weighted by Gasteiger charge is -2.17. The van der Waals surface area contributed by atoms with Gasteiger partial charge in [-0.3, -0.25) is 15.5 Å². The van der Waals surface area contributed by atoms with Gasteiger partial charge in [0, 0.05) is 17.0 Å². The summed E-state index contributed by atoms with van der Waals surface area (Å²) in [6.07, 6.45) is 1.58. The van der Waals surface area contributed by atoms with Gasteiger partial charge in [0.25, 0.3) is 0 Å². The molecule has 7 heteroatoms. The molecule has 0 radical (unpaired) electrons. The SMILES string of the molecule is CC(C)(C)C(=O)NNC(=O)Nc1nccs1. The molecule has 1 aromatic heterocycles. The molecule has 0 fully saturated rings. The van der Waals surface area contributed by atoms with Gasteiger partial charge in [-0.25, -0.2) is 15.2 Å². The minimum absolute atomic E-state index is 0.262. The minimum atomic E-state index is -0.547. The Morgan fingerprint density at radius 2 is 2.00 bits per heavy atom. The number of urea groups is 1. The third-order valence-electron chi connectivity index (χ3n) is 1.62. The van der Waals surface area contributed by atoms with Gasteiger partial charge >= 0.3 is 6.03 Å². The summed E-state index contributed by atoms with van der Waals surface area (Å²) >= 11 is 1.30. The zero-order valence-electron chi connectivity index (χ0n) is 9.33. The number of amides is 3. The van der Waals surface area contributed by atoms with E-state index in [9.17, 15) is 9.59 Å². The van der Waals surface area contributed by atoms with Gasteiger partial charge in [0.15, 0.2) is 5.13 Å². The van der Waals surface area contributed by atoms with E-state index in [0.717, 1.165) is 0 Å². The van der Waals surface area contributed by atoms with Crippen LogP contribution in [-0.4, -0.2) is 16.9 Å². The van der Waals surface area contributed by atoms with E-state index in [4.69, 9.17) is 0 Å². The number of nitrogens with one attached hydrogen (secondary N) is 3. The van der Waals surface area contributed by atoms with Crippen LogP contribution in [0.15, 0.2) is 11.6 Å². The number of carbonyl (C=O) groups is 2. The first kappa shape index (κ1) is 12.4. The largest absolute Gasteiger partial charge is 0.339 e. The Morgan fingerprint density at radius 1 is 1.31 bits per heavy atom. The summed E-state index contributed by atoms with van der Waals surface area (Å²) in [7, 11) is 0. The van der Waals surface area contributed by atoms with E-state index in [-0.39, 0.29) is 5.91 Å². The van der Waals surface area contributed by atoms with Crippen molar-refractivity contribution in [2.24, 2.45) is 5.41 Å². The van der Waals surface area contributed by atoms with Crippen molar-refractivity contribution in [3.63, 3.8) is 0 Å². The number of thiazole rings is 1. The molecule has 0 unspecified atom stereocenters. The first-order valence-corrected chi connectivity index (χ1v) is 5.54. The lowest BCUT2D eigenvalue weighted by Crippen LogP contribution is -2.48. The smallest absolute Gasteiger partial charge is 0.282 e. The molecule has 3 amide bonds. The second-order valence-corrected chi connectivity index (χ2v) is 5.02. The molecule has 88 valence electrons. The molecule has 0 aliphatic carbocycles. The highest BCUT2D eigenvalue weighted by Gasteiger charge is 2.21. The van der Waals surface area contributed by atoms with Gasteiger partial charge in [-0.1, -0.05) is 20.8 Å². The number of anilines is 1. The van der Waals surface area contributed by atoms with Crippen molar-refractivity contribution >= 4 is 28.4 Å². The highest BCUT2D eigenvalue weighted by Crippen LogP contribution is 2.12. The molecule has 0 aromatic carbocycles. The molecule has 0 atom stereocenters. The maximum atomic E-state index is 11.4. The molecule has 0 saturated heterocycles. The summed E-state index contributed by atoms with van der Waals surface area (Å²) in [5.74, 6) is -0.262. The number of nitrogens with zero attached hydrogens (tertiary/aromatic N) is 1. The van der Waals surface area contributed by atoms with Crippen molar-refractivity contribution in [1.29, 1.82) is 0 Å². The Bertz CT molecular complexity index is 369. The summed E-state index contributed by atoms with van der Waals surface area (Å²) in [6, 6.07) is -0.521. The van der Waals surface area contributed by atoms with Gasteiger partial charge < -0.3 is 0 Å². The summed E-state index contributed by atoms with van der Waals surface area (Å²) in [6.45, 7) is 5.26. The zero-order valence-corrected chi connectivity index (χ0v) is 10.1. The van der Waals surface area contributed by atoms with E-state index < -0.39 is 11.4 Å². The van der Waals surface area contributed by atoms with Crippen LogP contribution in [0.3, 0.4) is 0 Å². The van der Waals surface area contributed by atoms with Crippen molar-refractivity contribution in [3.8, 4) is 0 Å². The molecule has 16 heavy (non-hydrogen) atoms. The van der Waals surface area contributed by atoms with Crippen LogP contribution in [0.2, 0.25) is 0 Å².